The minimum Gasteiger partial charge on any atom is -0.311 e. The van der Waals surface area contributed by atoms with E-state index in [1.807, 2.05) is 11.6 Å². The van der Waals surface area contributed by atoms with E-state index in [9.17, 15) is 0 Å². The third-order valence-electron chi connectivity index (χ3n) is 4.22. The quantitative estimate of drug-likeness (QED) is 0.891. The molecule has 1 fully saturated rings. The topological polar surface area (TPSA) is 29.9 Å². The van der Waals surface area contributed by atoms with E-state index in [0.29, 0.717) is 0 Å². The molecule has 19 heavy (non-hydrogen) atoms. The van der Waals surface area contributed by atoms with Gasteiger partial charge in [-0.3, -0.25) is 4.68 Å². The summed E-state index contributed by atoms with van der Waals surface area (Å²) in [7, 11) is 0. The molecule has 4 heteroatoms. The minimum absolute atomic E-state index is 0.825. The molecular formula is C15H26ClN3. The summed E-state index contributed by atoms with van der Waals surface area (Å²) in [6.07, 6.45) is 5.54. The van der Waals surface area contributed by atoms with Crippen LogP contribution < -0.4 is 5.32 Å². The number of halogens is 1. The number of hydrogen-bond donors (Lipinski definition) is 1. The van der Waals surface area contributed by atoms with E-state index >= 15 is 0 Å². The predicted octanol–water partition coefficient (Wildman–Crippen LogP) is 3.78. The van der Waals surface area contributed by atoms with E-state index in [4.69, 9.17) is 11.6 Å². The summed E-state index contributed by atoms with van der Waals surface area (Å²) in [5.74, 6) is 1.73. The number of nitrogens with one attached hydrogen (secondary N) is 1. The van der Waals surface area contributed by atoms with Gasteiger partial charge in [-0.15, -0.1) is 0 Å². The van der Waals surface area contributed by atoms with Crippen molar-refractivity contribution in [3.05, 3.63) is 16.4 Å². The Balaban J connectivity index is 1.85. The lowest BCUT2D eigenvalue weighted by Crippen LogP contribution is -2.27. The molecule has 0 amide bonds. The Morgan fingerprint density at radius 3 is 2.89 bits per heavy atom. The molecule has 108 valence electrons. The lowest BCUT2D eigenvalue weighted by Gasteiger charge is -2.26. The molecular weight excluding hydrogens is 258 g/mol. The highest BCUT2D eigenvalue weighted by atomic mass is 35.5. The molecule has 1 N–H and O–H groups in total. The van der Waals surface area contributed by atoms with Gasteiger partial charge in [-0.1, -0.05) is 31.4 Å². The van der Waals surface area contributed by atoms with Crippen molar-refractivity contribution in [2.75, 3.05) is 6.54 Å². The second-order valence-corrected chi connectivity index (χ2v) is 6.31. The van der Waals surface area contributed by atoms with Crippen LogP contribution in [0.4, 0.5) is 0 Å². The van der Waals surface area contributed by atoms with Crippen LogP contribution in [-0.2, 0) is 13.1 Å². The molecule has 1 aromatic heterocycles. The number of hydrogen-bond acceptors (Lipinski definition) is 2. The van der Waals surface area contributed by atoms with Gasteiger partial charge in [-0.05, 0) is 45.1 Å². The average molecular weight is 284 g/mol. The fourth-order valence-corrected chi connectivity index (χ4v) is 3.38. The molecule has 1 saturated carbocycles. The van der Waals surface area contributed by atoms with Gasteiger partial charge in [0.1, 0.15) is 0 Å². The maximum Gasteiger partial charge on any atom is 0.0860 e. The van der Waals surface area contributed by atoms with Gasteiger partial charge in [0.2, 0.25) is 0 Å². The van der Waals surface area contributed by atoms with Crippen molar-refractivity contribution in [1.82, 2.24) is 15.1 Å². The Hall–Kier alpha value is -0.540. The summed E-state index contributed by atoms with van der Waals surface area (Å²) in [5.41, 5.74) is 2.07. The maximum absolute atomic E-state index is 6.31. The summed E-state index contributed by atoms with van der Waals surface area (Å²) in [6.45, 7) is 9.27. The van der Waals surface area contributed by atoms with Gasteiger partial charge in [0, 0.05) is 13.1 Å². The van der Waals surface area contributed by atoms with Gasteiger partial charge < -0.3 is 5.32 Å². The third kappa shape index (κ3) is 3.73. The van der Waals surface area contributed by atoms with Crippen LogP contribution in [0.2, 0.25) is 5.02 Å². The van der Waals surface area contributed by atoms with Crippen molar-refractivity contribution in [2.24, 2.45) is 11.8 Å². The fraction of sp³-hybridized carbons (Fsp3) is 0.800. The average Bonchev–Trinajstić information content (AvgIpc) is 2.66. The summed E-state index contributed by atoms with van der Waals surface area (Å²) < 4.78 is 2.01. The summed E-state index contributed by atoms with van der Waals surface area (Å²) in [6, 6.07) is 0. The van der Waals surface area contributed by atoms with Gasteiger partial charge in [0.25, 0.3) is 0 Å². The number of rotatable bonds is 5. The Bertz CT molecular complexity index is 414. The monoisotopic (exact) mass is 283 g/mol. The maximum atomic E-state index is 6.31. The summed E-state index contributed by atoms with van der Waals surface area (Å²) >= 11 is 6.31. The zero-order valence-corrected chi connectivity index (χ0v) is 13.1. The van der Waals surface area contributed by atoms with Crippen molar-refractivity contribution < 1.29 is 0 Å². The molecule has 0 aromatic carbocycles. The molecule has 1 aromatic rings. The normalized spacial score (nSPS) is 23.8. The van der Waals surface area contributed by atoms with E-state index in [1.165, 1.54) is 25.7 Å². The first-order valence-electron chi connectivity index (χ1n) is 7.54. The van der Waals surface area contributed by atoms with Crippen molar-refractivity contribution >= 4 is 11.6 Å². The van der Waals surface area contributed by atoms with Crippen LogP contribution in [0.1, 0.15) is 50.9 Å². The molecule has 0 saturated heterocycles. The third-order valence-corrected chi connectivity index (χ3v) is 4.71. The van der Waals surface area contributed by atoms with Crippen molar-refractivity contribution in [3.63, 3.8) is 0 Å². The SMILES string of the molecule is CCn1nc(C)c(Cl)c1CNCC1CCCC(C)C1. The molecule has 0 aliphatic heterocycles. The second kappa shape index (κ2) is 6.76. The number of nitrogens with zero attached hydrogens (tertiary/aromatic N) is 2. The standard InChI is InChI=1S/C15H26ClN3/c1-4-19-14(15(16)12(3)18-19)10-17-9-13-7-5-6-11(2)8-13/h11,13,17H,4-10H2,1-3H3. The van der Waals surface area contributed by atoms with E-state index in [1.54, 1.807) is 0 Å². The van der Waals surface area contributed by atoms with Crippen LogP contribution in [-0.4, -0.2) is 16.3 Å². The molecule has 2 unspecified atom stereocenters. The van der Waals surface area contributed by atoms with Gasteiger partial charge in [0.05, 0.1) is 16.4 Å². The van der Waals surface area contributed by atoms with Crippen LogP contribution in [0.25, 0.3) is 0 Å². The molecule has 0 spiro atoms. The Morgan fingerprint density at radius 2 is 2.21 bits per heavy atom. The highest BCUT2D eigenvalue weighted by Crippen LogP contribution is 2.28. The van der Waals surface area contributed by atoms with Crippen molar-refractivity contribution in [3.8, 4) is 0 Å². The molecule has 2 rings (SSSR count). The van der Waals surface area contributed by atoms with Gasteiger partial charge in [0.15, 0.2) is 0 Å². The van der Waals surface area contributed by atoms with Gasteiger partial charge >= 0.3 is 0 Å². The Labute approximate surface area is 121 Å². The number of aromatic nitrogens is 2. The van der Waals surface area contributed by atoms with Crippen LogP contribution in [0.15, 0.2) is 0 Å². The highest BCUT2D eigenvalue weighted by Gasteiger charge is 2.19. The lowest BCUT2D eigenvalue weighted by molar-refractivity contribution is 0.273. The first kappa shape index (κ1) is 14.9. The molecule has 1 aliphatic carbocycles. The fourth-order valence-electron chi connectivity index (χ4n) is 3.18. The van der Waals surface area contributed by atoms with Crippen LogP contribution in [0.3, 0.4) is 0 Å². The lowest BCUT2D eigenvalue weighted by atomic mass is 9.82. The number of aryl methyl sites for hydroxylation is 2. The van der Waals surface area contributed by atoms with E-state index in [2.05, 4.69) is 24.3 Å². The summed E-state index contributed by atoms with van der Waals surface area (Å²) in [4.78, 5) is 0. The van der Waals surface area contributed by atoms with E-state index in [0.717, 1.165) is 47.9 Å². The Kier molecular flexibility index (Phi) is 5.28. The zero-order valence-electron chi connectivity index (χ0n) is 12.4. The zero-order chi connectivity index (χ0) is 13.8. The molecule has 1 aliphatic rings. The van der Waals surface area contributed by atoms with E-state index < -0.39 is 0 Å². The first-order valence-corrected chi connectivity index (χ1v) is 7.92. The second-order valence-electron chi connectivity index (χ2n) is 5.93. The van der Waals surface area contributed by atoms with Crippen LogP contribution >= 0.6 is 11.6 Å². The smallest absolute Gasteiger partial charge is 0.0860 e. The van der Waals surface area contributed by atoms with Crippen LogP contribution in [0.5, 0.6) is 0 Å². The van der Waals surface area contributed by atoms with Gasteiger partial charge in [-0.2, -0.15) is 5.10 Å². The summed E-state index contributed by atoms with van der Waals surface area (Å²) in [5, 5.41) is 8.85. The molecule has 1 heterocycles. The Morgan fingerprint density at radius 1 is 1.42 bits per heavy atom. The van der Waals surface area contributed by atoms with Crippen molar-refractivity contribution in [2.45, 2.75) is 59.5 Å². The van der Waals surface area contributed by atoms with Crippen LogP contribution in [0, 0.1) is 18.8 Å². The minimum atomic E-state index is 0.825. The molecule has 0 radical (unpaired) electrons. The highest BCUT2D eigenvalue weighted by molar-refractivity contribution is 6.31. The van der Waals surface area contributed by atoms with E-state index in [-0.39, 0.29) is 0 Å². The molecule has 2 atom stereocenters. The van der Waals surface area contributed by atoms with Crippen molar-refractivity contribution in [1.29, 1.82) is 0 Å². The first-order chi connectivity index (χ1) is 9.11. The molecule has 0 bridgehead atoms. The predicted molar refractivity (Wildman–Crippen MR) is 80.5 cm³/mol. The molecule has 3 nitrogen and oxygen atoms in total. The van der Waals surface area contributed by atoms with Gasteiger partial charge in [-0.25, -0.2) is 0 Å². The largest absolute Gasteiger partial charge is 0.311 e.